The summed E-state index contributed by atoms with van der Waals surface area (Å²) in [5.74, 6) is -3.67. The van der Waals surface area contributed by atoms with Crippen LogP contribution in [-0.4, -0.2) is 38.1 Å². The lowest BCUT2D eigenvalue weighted by Gasteiger charge is -2.27. The van der Waals surface area contributed by atoms with Crippen LogP contribution in [0.25, 0.3) is 0 Å². The van der Waals surface area contributed by atoms with Crippen LogP contribution in [0.2, 0.25) is 0 Å². The predicted molar refractivity (Wildman–Crippen MR) is 83.2 cm³/mol. The summed E-state index contributed by atoms with van der Waals surface area (Å²) in [4.78, 5) is 13.7. The van der Waals surface area contributed by atoms with Crippen LogP contribution in [0.4, 0.5) is 8.78 Å². The van der Waals surface area contributed by atoms with Crippen LogP contribution in [0.15, 0.2) is 29.2 Å². The summed E-state index contributed by atoms with van der Waals surface area (Å²) in [5, 5.41) is 0. The van der Waals surface area contributed by atoms with Gasteiger partial charge in [-0.05, 0) is 37.1 Å². The molecule has 7 heteroatoms. The number of halogens is 2. The first kappa shape index (κ1) is 17.8. The molecule has 23 heavy (non-hydrogen) atoms. The number of sulfone groups is 1. The van der Waals surface area contributed by atoms with Crippen molar-refractivity contribution in [2.24, 2.45) is 0 Å². The van der Waals surface area contributed by atoms with Crippen molar-refractivity contribution in [3.05, 3.63) is 29.8 Å². The highest BCUT2D eigenvalue weighted by molar-refractivity contribution is 7.91. The monoisotopic (exact) mass is 345 g/mol. The van der Waals surface area contributed by atoms with E-state index in [1.165, 1.54) is 25.0 Å². The van der Waals surface area contributed by atoms with Crippen molar-refractivity contribution in [3.63, 3.8) is 0 Å². The minimum absolute atomic E-state index is 0.175. The molecule has 1 saturated carbocycles. The maximum Gasteiger partial charge on any atom is 0.341 e. The topological polar surface area (TPSA) is 54.5 Å². The fourth-order valence-corrected chi connectivity index (χ4v) is 3.63. The van der Waals surface area contributed by atoms with Gasteiger partial charge in [0.2, 0.25) is 9.84 Å². The molecule has 1 aliphatic carbocycles. The van der Waals surface area contributed by atoms with Gasteiger partial charge in [0.1, 0.15) is 0 Å². The van der Waals surface area contributed by atoms with Crippen molar-refractivity contribution in [2.45, 2.75) is 55.2 Å². The van der Waals surface area contributed by atoms with E-state index in [2.05, 4.69) is 0 Å². The standard InChI is InChI=1S/C16H21F2NO3S/c1-19(13-6-4-2-3-5-7-13)15(20)12-8-10-14(11-9-12)23(21,22)16(17)18/h8-11,13,16H,2-7H2,1H3. The maximum absolute atomic E-state index is 12.5. The number of nitrogens with zero attached hydrogens (tertiary/aromatic N) is 1. The molecule has 0 aromatic heterocycles. The van der Waals surface area contributed by atoms with E-state index >= 15 is 0 Å². The molecule has 0 bridgehead atoms. The molecule has 2 rings (SSSR count). The highest BCUT2D eigenvalue weighted by Gasteiger charge is 2.27. The maximum atomic E-state index is 12.5. The average molecular weight is 345 g/mol. The Morgan fingerprint density at radius 1 is 1.09 bits per heavy atom. The number of rotatable bonds is 4. The third-order valence-electron chi connectivity index (χ3n) is 4.36. The molecule has 0 heterocycles. The molecule has 4 nitrogen and oxygen atoms in total. The molecule has 1 aliphatic rings. The Morgan fingerprint density at radius 3 is 2.09 bits per heavy atom. The minimum Gasteiger partial charge on any atom is -0.339 e. The Kier molecular flexibility index (Phi) is 5.73. The van der Waals surface area contributed by atoms with Crippen LogP contribution in [-0.2, 0) is 9.84 Å². The number of carbonyl (C=O) groups excluding carboxylic acids is 1. The third kappa shape index (κ3) is 4.07. The van der Waals surface area contributed by atoms with Gasteiger partial charge in [0.05, 0.1) is 4.90 Å². The first-order valence-corrected chi connectivity index (χ1v) is 9.28. The van der Waals surface area contributed by atoms with Gasteiger partial charge in [-0.15, -0.1) is 0 Å². The van der Waals surface area contributed by atoms with Crippen molar-refractivity contribution < 1.29 is 22.0 Å². The fraction of sp³-hybridized carbons (Fsp3) is 0.562. The molecule has 0 atom stereocenters. The van der Waals surface area contributed by atoms with E-state index in [4.69, 9.17) is 0 Å². The molecular formula is C16H21F2NO3S. The summed E-state index contributed by atoms with van der Waals surface area (Å²) in [7, 11) is -2.88. The van der Waals surface area contributed by atoms with E-state index in [-0.39, 0.29) is 11.9 Å². The highest BCUT2D eigenvalue weighted by atomic mass is 32.2. The highest BCUT2D eigenvalue weighted by Crippen LogP contribution is 2.23. The number of hydrogen-bond acceptors (Lipinski definition) is 3. The number of benzene rings is 1. The predicted octanol–water partition coefficient (Wildman–Crippen LogP) is 3.48. The Balaban J connectivity index is 2.13. The van der Waals surface area contributed by atoms with Crippen molar-refractivity contribution >= 4 is 15.7 Å². The summed E-state index contributed by atoms with van der Waals surface area (Å²) in [6.45, 7) is 0. The lowest BCUT2D eigenvalue weighted by atomic mass is 10.1. The first-order chi connectivity index (χ1) is 10.8. The van der Waals surface area contributed by atoms with Gasteiger partial charge in [-0.2, -0.15) is 8.78 Å². The summed E-state index contributed by atoms with van der Waals surface area (Å²) < 4.78 is 47.8. The van der Waals surface area contributed by atoms with Crippen LogP contribution in [0, 0.1) is 0 Å². The van der Waals surface area contributed by atoms with Gasteiger partial charge in [0, 0.05) is 18.7 Å². The van der Waals surface area contributed by atoms with Gasteiger partial charge in [0.15, 0.2) is 0 Å². The van der Waals surface area contributed by atoms with Crippen molar-refractivity contribution in [3.8, 4) is 0 Å². The molecule has 1 aromatic carbocycles. The second-order valence-corrected chi connectivity index (χ2v) is 7.81. The van der Waals surface area contributed by atoms with Gasteiger partial charge in [-0.1, -0.05) is 25.7 Å². The number of hydrogen-bond donors (Lipinski definition) is 0. The van der Waals surface area contributed by atoms with Crippen LogP contribution in [0.5, 0.6) is 0 Å². The SMILES string of the molecule is CN(C(=O)c1ccc(S(=O)(=O)C(F)F)cc1)C1CCCCCC1. The van der Waals surface area contributed by atoms with Crippen molar-refractivity contribution in [1.82, 2.24) is 4.90 Å². The molecule has 1 amide bonds. The Labute approximate surface area is 135 Å². The summed E-state index contributed by atoms with van der Waals surface area (Å²) in [6, 6.07) is 4.90. The van der Waals surface area contributed by atoms with Gasteiger partial charge in [-0.25, -0.2) is 8.42 Å². The van der Waals surface area contributed by atoms with Crippen molar-refractivity contribution in [2.75, 3.05) is 7.05 Å². The van der Waals surface area contributed by atoms with Gasteiger partial charge in [-0.3, -0.25) is 4.79 Å². The molecular weight excluding hydrogens is 324 g/mol. The fourth-order valence-electron chi connectivity index (χ4n) is 2.90. The Morgan fingerprint density at radius 2 is 1.61 bits per heavy atom. The van der Waals surface area contributed by atoms with E-state index in [0.717, 1.165) is 37.8 Å². The summed E-state index contributed by atoms with van der Waals surface area (Å²) >= 11 is 0. The normalized spacial score (nSPS) is 17.0. The Bertz CT molecular complexity index is 636. The number of amides is 1. The molecule has 0 aliphatic heterocycles. The van der Waals surface area contributed by atoms with Crippen LogP contribution >= 0.6 is 0 Å². The van der Waals surface area contributed by atoms with Crippen LogP contribution in [0.1, 0.15) is 48.9 Å². The molecule has 0 saturated heterocycles. The third-order valence-corrected chi connectivity index (χ3v) is 5.76. The first-order valence-electron chi connectivity index (χ1n) is 7.73. The second-order valence-electron chi connectivity index (χ2n) is 5.89. The molecule has 1 fully saturated rings. The van der Waals surface area contributed by atoms with Crippen molar-refractivity contribution in [1.29, 1.82) is 0 Å². The Hall–Kier alpha value is -1.50. The lowest BCUT2D eigenvalue weighted by Crippen LogP contribution is -2.36. The summed E-state index contributed by atoms with van der Waals surface area (Å²) in [5.41, 5.74) is 0.310. The zero-order valence-electron chi connectivity index (χ0n) is 13.0. The zero-order valence-corrected chi connectivity index (χ0v) is 13.9. The van der Waals surface area contributed by atoms with E-state index in [1.807, 2.05) is 0 Å². The largest absolute Gasteiger partial charge is 0.341 e. The van der Waals surface area contributed by atoms with Crippen LogP contribution < -0.4 is 0 Å². The average Bonchev–Trinajstić information content (AvgIpc) is 2.82. The number of carbonyl (C=O) groups is 1. The zero-order chi connectivity index (χ0) is 17.0. The van der Waals surface area contributed by atoms with E-state index in [0.29, 0.717) is 5.56 Å². The lowest BCUT2D eigenvalue weighted by molar-refractivity contribution is 0.0717. The molecule has 0 radical (unpaired) electrons. The van der Waals surface area contributed by atoms with Gasteiger partial charge in [0.25, 0.3) is 5.91 Å². The number of alkyl halides is 2. The molecule has 1 aromatic rings. The molecule has 0 unspecified atom stereocenters. The minimum atomic E-state index is -4.62. The quantitative estimate of drug-likeness (QED) is 0.785. The smallest absolute Gasteiger partial charge is 0.339 e. The van der Waals surface area contributed by atoms with E-state index in [9.17, 15) is 22.0 Å². The second kappa shape index (κ2) is 7.38. The van der Waals surface area contributed by atoms with E-state index in [1.54, 1.807) is 11.9 Å². The van der Waals surface area contributed by atoms with Crippen LogP contribution in [0.3, 0.4) is 0 Å². The molecule has 128 valence electrons. The summed E-state index contributed by atoms with van der Waals surface area (Å²) in [6.07, 6.45) is 6.46. The van der Waals surface area contributed by atoms with E-state index < -0.39 is 20.5 Å². The van der Waals surface area contributed by atoms with Gasteiger partial charge < -0.3 is 4.90 Å². The molecule has 0 N–H and O–H groups in total. The molecule has 0 spiro atoms. The van der Waals surface area contributed by atoms with Gasteiger partial charge >= 0.3 is 5.76 Å².